The number of H-pyrrole nitrogens is 1. The largest absolute Gasteiger partial charge is 0.360 e. The highest BCUT2D eigenvalue weighted by molar-refractivity contribution is 6.10. The molecular weight excluding hydrogens is 292 g/mol. The molecule has 2 aromatic rings. The Balaban J connectivity index is 1.48. The summed E-state index contributed by atoms with van der Waals surface area (Å²) in [7, 11) is 0. The number of likely N-dealkylation sites (tertiary alicyclic amines) is 1. The molecule has 4 rings (SSSR count). The fraction of sp³-hybridized carbons (Fsp3) is 0.500. The maximum Gasteiger partial charge on any atom is 0.181 e. The van der Waals surface area contributed by atoms with Gasteiger partial charge in [-0.3, -0.25) is 9.69 Å². The Hall–Kier alpha value is -1.69. The van der Waals surface area contributed by atoms with Crippen LogP contribution >= 0.6 is 0 Å². The first-order valence-electron chi connectivity index (χ1n) is 8.31. The molecule has 3 heterocycles. The first kappa shape index (κ1) is 14.9. The molecule has 2 saturated heterocycles. The van der Waals surface area contributed by atoms with Crippen molar-refractivity contribution < 1.29 is 14.3 Å². The van der Waals surface area contributed by atoms with Crippen LogP contribution in [0.1, 0.15) is 30.1 Å². The maximum atomic E-state index is 12.9. The summed E-state index contributed by atoms with van der Waals surface area (Å²) < 4.78 is 11.5. The van der Waals surface area contributed by atoms with E-state index in [4.69, 9.17) is 9.47 Å². The molecule has 0 aliphatic carbocycles. The molecule has 5 heteroatoms. The number of rotatable bonds is 3. The monoisotopic (exact) mass is 314 g/mol. The number of carbonyl (C=O) groups is 1. The van der Waals surface area contributed by atoms with E-state index in [1.165, 1.54) is 0 Å². The van der Waals surface area contributed by atoms with Crippen molar-refractivity contribution in [3.63, 3.8) is 0 Å². The molecule has 2 fully saturated rings. The number of aromatic amines is 1. The van der Waals surface area contributed by atoms with Crippen LogP contribution in [0.25, 0.3) is 10.9 Å². The van der Waals surface area contributed by atoms with E-state index in [0.717, 1.165) is 42.4 Å². The number of aromatic nitrogens is 1. The van der Waals surface area contributed by atoms with Gasteiger partial charge in [-0.25, -0.2) is 0 Å². The number of para-hydroxylation sites is 1. The quantitative estimate of drug-likeness (QED) is 0.885. The lowest BCUT2D eigenvalue weighted by Gasteiger charge is -2.39. The zero-order valence-corrected chi connectivity index (χ0v) is 13.4. The standard InChI is InChI=1S/C18H22N2O3/c1-13(20-8-6-18(7-9-20)22-10-11-23-18)17(21)15-12-19-16-5-3-2-4-14(15)16/h2-5,12-13,19H,6-11H2,1H3/t13-/m1/s1. The normalized spacial score (nSPS) is 22.7. The molecule has 1 aromatic carbocycles. The fourth-order valence-electron chi connectivity index (χ4n) is 3.70. The van der Waals surface area contributed by atoms with Gasteiger partial charge in [0.2, 0.25) is 0 Å². The Morgan fingerprint density at radius 1 is 1.22 bits per heavy atom. The molecule has 0 unspecified atom stereocenters. The van der Waals surface area contributed by atoms with E-state index in [2.05, 4.69) is 9.88 Å². The first-order valence-corrected chi connectivity index (χ1v) is 8.31. The number of ether oxygens (including phenoxy) is 2. The highest BCUT2D eigenvalue weighted by Gasteiger charge is 2.41. The molecule has 122 valence electrons. The lowest BCUT2D eigenvalue weighted by atomic mass is 9.98. The summed E-state index contributed by atoms with van der Waals surface area (Å²) in [6, 6.07) is 7.81. The van der Waals surface area contributed by atoms with E-state index in [-0.39, 0.29) is 17.6 Å². The summed E-state index contributed by atoms with van der Waals surface area (Å²) in [5.41, 5.74) is 1.79. The Morgan fingerprint density at radius 2 is 1.91 bits per heavy atom. The van der Waals surface area contributed by atoms with Crippen LogP contribution < -0.4 is 0 Å². The number of Topliss-reactive ketones (excluding diaryl/α,β-unsaturated/α-hetero) is 1. The van der Waals surface area contributed by atoms with Crippen molar-refractivity contribution in [1.29, 1.82) is 0 Å². The van der Waals surface area contributed by atoms with Crippen molar-refractivity contribution in [2.45, 2.75) is 31.6 Å². The third-order valence-corrected chi connectivity index (χ3v) is 5.16. The predicted molar refractivity (Wildman–Crippen MR) is 87.5 cm³/mol. The van der Waals surface area contributed by atoms with E-state index < -0.39 is 0 Å². The molecule has 1 spiro atoms. The summed E-state index contributed by atoms with van der Waals surface area (Å²) in [5.74, 6) is -0.216. The lowest BCUT2D eigenvalue weighted by molar-refractivity contribution is -0.186. The second-order valence-corrected chi connectivity index (χ2v) is 6.43. The number of piperidine rings is 1. The molecule has 2 aliphatic heterocycles. The van der Waals surface area contributed by atoms with Crippen LogP contribution in [0, 0.1) is 0 Å². The summed E-state index contributed by atoms with van der Waals surface area (Å²) in [6.45, 7) is 5.02. The van der Waals surface area contributed by atoms with E-state index in [1.807, 2.05) is 37.4 Å². The van der Waals surface area contributed by atoms with E-state index in [1.54, 1.807) is 0 Å². The number of nitrogens with one attached hydrogen (secondary N) is 1. The number of hydrogen-bond acceptors (Lipinski definition) is 4. The molecule has 1 atom stereocenters. The Labute approximate surface area is 135 Å². The summed E-state index contributed by atoms with van der Waals surface area (Å²) in [6.07, 6.45) is 3.50. The molecule has 0 saturated carbocycles. The van der Waals surface area contributed by atoms with E-state index >= 15 is 0 Å². The Morgan fingerprint density at radius 3 is 2.65 bits per heavy atom. The van der Waals surface area contributed by atoms with Crippen LogP contribution in [0.4, 0.5) is 0 Å². The zero-order valence-electron chi connectivity index (χ0n) is 13.4. The van der Waals surface area contributed by atoms with Crippen LogP contribution in [-0.4, -0.2) is 53.8 Å². The van der Waals surface area contributed by atoms with Gasteiger partial charge in [0.25, 0.3) is 0 Å². The highest BCUT2D eigenvalue weighted by atomic mass is 16.7. The van der Waals surface area contributed by atoms with Gasteiger partial charge in [-0.15, -0.1) is 0 Å². The summed E-state index contributed by atoms with van der Waals surface area (Å²) >= 11 is 0. The lowest BCUT2D eigenvalue weighted by Crippen LogP contribution is -2.50. The second-order valence-electron chi connectivity index (χ2n) is 6.43. The molecule has 1 aromatic heterocycles. The van der Waals surface area contributed by atoms with Crippen LogP contribution in [0.3, 0.4) is 0 Å². The Kier molecular flexibility index (Phi) is 3.71. The molecule has 0 radical (unpaired) electrons. The van der Waals surface area contributed by atoms with Gasteiger partial charge < -0.3 is 14.5 Å². The minimum Gasteiger partial charge on any atom is -0.360 e. The third-order valence-electron chi connectivity index (χ3n) is 5.16. The third kappa shape index (κ3) is 2.59. The van der Waals surface area contributed by atoms with Gasteiger partial charge in [0, 0.05) is 48.6 Å². The average molecular weight is 314 g/mol. The number of carbonyl (C=O) groups excluding carboxylic acids is 1. The molecule has 0 amide bonds. The molecular formula is C18H22N2O3. The molecule has 5 nitrogen and oxygen atoms in total. The SMILES string of the molecule is C[C@H](C(=O)c1c[nH]c2ccccc12)N1CCC2(CC1)OCCO2. The van der Waals surface area contributed by atoms with Gasteiger partial charge in [-0.1, -0.05) is 18.2 Å². The minimum atomic E-state index is -0.389. The van der Waals surface area contributed by atoms with Gasteiger partial charge in [0.05, 0.1) is 19.3 Å². The van der Waals surface area contributed by atoms with E-state index in [9.17, 15) is 4.79 Å². The van der Waals surface area contributed by atoms with Gasteiger partial charge in [0.1, 0.15) is 0 Å². The predicted octanol–water partition coefficient (Wildman–Crippen LogP) is 2.58. The first-order chi connectivity index (χ1) is 11.2. The van der Waals surface area contributed by atoms with Crippen LogP contribution in [-0.2, 0) is 9.47 Å². The number of ketones is 1. The zero-order chi connectivity index (χ0) is 15.9. The van der Waals surface area contributed by atoms with Gasteiger partial charge in [-0.2, -0.15) is 0 Å². The van der Waals surface area contributed by atoms with E-state index in [0.29, 0.717) is 13.2 Å². The van der Waals surface area contributed by atoms with Crippen molar-refractivity contribution in [2.75, 3.05) is 26.3 Å². The number of nitrogens with zero attached hydrogens (tertiary/aromatic N) is 1. The van der Waals surface area contributed by atoms with Crippen molar-refractivity contribution >= 4 is 16.7 Å². The van der Waals surface area contributed by atoms with Crippen LogP contribution in [0.15, 0.2) is 30.5 Å². The number of fused-ring (bicyclic) bond motifs is 1. The van der Waals surface area contributed by atoms with Gasteiger partial charge in [-0.05, 0) is 13.0 Å². The summed E-state index contributed by atoms with van der Waals surface area (Å²) in [4.78, 5) is 18.3. The van der Waals surface area contributed by atoms with Gasteiger partial charge in [0.15, 0.2) is 11.6 Å². The van der Waals surface area contributed by atoms with Crippen molar-refractivity contribution in [3.05, 3.63) is 36.0 Å². The maximum absolute atomic E-state index is 12.9. The topological polar surface area (TPSA) is 54.6 Å². The van der Waals surface area contributed by atoms with Crippen molar-refractivity contribution in [3.8, 4) is 0 Å². The Bertz CT molecular complexity index is 708. The van der Waals surface area contributed by atoms with Crippen molar-refractivity contribution in [1.82, 2.24) is 9.88 Å². The molecule has 0 bridgehead atoms. The highest BCUT2D eigenvalue weighted by Crippen LogP contribution is 2.32. The molecule has 23 heavy (non-hydrogen) atoms. The molecule has 1 N–H and O–H groups in total. The summed E-state index contributed by atoms with van der Waals surface area (Å²) in [5, 5.41) is 1.00. The second kappa shape index (κ2) is 5.74. The van der Waals surface area contributed by atoms with Crippen molar-refractivity contribution in [2.24, 2.45) is 0 Å². The van der Waals surface area contributed by atoms with Gasteiger partial charge >= 0.3 is 0 Å². The minimum absolute atomic E-state index is 0.132. The van der Waals surface area contributed by atoms with Crippen LogP contribution in [0.5, 0.6) is 0 Å². The smallest absolute Gasteiger partial charge is 0.181 e. The number of benzene rings is 1. The molecule has 2 aliphatic rings. The fourth-order valence-corrected chi connectivity index (χ4v) is 3.70. The average Bonchev–Trinajstić information content (AvgIpc) is 3.21. The van der Waals surface area contributed by atoms with Crippen LogP contribution in [0.2, 0.25) is 0 Å². The number of hydrogen-bond donors (Lipinski definition) is 1.